The number of aryl methyl sites for hydroxylation is 1. The Labute approximate surface area is 134 Å². The van der Waals surface area contributed by atoms with Crippen LogP contribution in [0, 0.1) is 6.92 Å². The molecule has 2 aromatic heterocycles. The highest BCUT2D eigenvalue weighted by Crippen LogP contribution is 2.36. The van der Waals surface area contributed by atoms with Crippen LogP contribution in [-0.2, 0) is 6.42 Å². The van der Waals surface area contributed by atoms with Gasteiger partial charge in [-0.2, -0.15) is 4.98 Å². The summed E-state index contributed by atoms with van der Waals surface area (Å²) in [6, 6.07) is 3.27. The molecule has 0 aliphatic carbocycles. The van der Waals surface area contributed by atoms with Gasteiger partial charge in [0.25, 0.3) is 5.89 Å². The first-order valence-electron chi connectivity index (χ1n) is 6.02. The van der Waals surface area contributed by atoms with Gasteiger partial charge in [0.1, 0.15) is 5.01 Å². The molecule has 3 aromatic rings. The maximum absolute atomic E-state index is 6.13. The Balaban J connectivity index is 1.93. The lowest BCUT2D eigenvalue weighted by Crippen LogP contribution is -1.94. The van der Waals surface area contributed by atoms with Gasteiger partial charge in [0.15, 0.2) is 5.82 Å². The normalized spacial score (nSPS) is 11.0. The number of aromatic nitrogens is 3. The van der Waals surface area contributed by atoms with Crippen LogP contribution in [0.3, 0.4) is 0 Å². The molecule has 0 bridgehead atoms. The van der Waals surface area contributed by atoms with Crippen molar-refractivity contribution in [3.8, 4) is 11.5 Å². The number of hydrogen-bond acceptors (Lipinski definition) is 6. The van der Waals surface area contributed by atoms with Crippen LogP contribution in [0.5, 0.6) is 0 Å². The minimum atomic E-state index is 0.253. The quantitative estimate of drug-likeness (QED) is 0.729. The molecule has 108 valence electrons. The molecule has 0 amide bonds. The van der Waals surface area contributed by atoms with Gasteiger partial charge in [-0.25, -0.2) is 4.98 Å². The molecule has 2 N–H and O–H groups in total. The third-order valence-corrected chi connectivity index (χ3v) is 4.41. The van der Waals surface area contributed by atoms with Crippen LogP contribution in [0.15, 0.2) is 22.0 Å². The van der Waals surface area contributed by atoms with Gasteiger partial charge in [0, 0.05) is 11.1 Å². The molecule has 0 radical (unpaired) electrons. The molecule has 0 saturated carbocycles. The first kappa shape index (κ1) is 14.3. The van der Waals surface area contributed by atoms with Gasteiger partial charge in [-0.05, 0) is 19.1 Å². The predicted molar refractivity (Wildman–Crippen MR) is 83.8 cm³/mol. The van der Waals surface area contributed by atoms with Gasteiger partial charge >= 0.3 is 0 Å². The van der Waals surface area contributed by atoms with Crippen molar-refractivity contribution >= 4 is 40.2 Å². The fourth-order valence-electron chi connectivity index (χ4n) is 1.83. The molecule has 0 aliphatic rings. The van der Waals surface area contributed by atoms with E-state index in [0.717, 1.165) is 10.7 Å². The number of rotatable bonds is 3. The molecule has 0 unspecified atom stereocenters. The summed E-state index contributed by atoms with van der Waals surface area (Å²) in [4.78, 5) is 8.68. The van der Waals surface area contributed by atoms with E-state index in [1.807, 2.05) is 12.3 Å². The Kier molecular flexibility index (Phi) is 3.84. The van der Waals surface area contributed by atoms with Crippen LogP contribution in [0.1, 0.15) is 16.5 Å². The smallest absolute Gasteiger partial charge is 0.261 e. The van der Waals surface area contributed by atoms with E-state index >= 15 is 0 Å². The summed E-state index contributed by atoms with van der Waals surface area (Å²) in [6.07, 6.45) is 0.500. The van der Waals surface area contributed by atoms with E-state index in [2.05, 4.69) is 15.1 Å². The van der Waals surface area contributed by atoms with Crippen LogP contribution in [-0.4, -0.2) is 15.1 Å². The SMILES string of the molecule is Cc1csc(Cc2noc(-c3c(Cl)ccc(Cl)c3N)n2)n1. The summed E-state index contributed by atoms with van der Waals surface area (Å²) in [5.41, 5.74) is 7.68. The minimum absolute atomic E-state index is 0.253. The maximum atomic E-state index is 6.13. The maximum Gasteiger partial charge on any atom is 0.261 e. The Morgan fingerprint density at radius 2 is 2.00 bits per heavy atom. The number of hydrogen-bond donors (Lipinski definition) is 1. The topological polar surface area (TPSA) is 77.8 Å². The predicted octanol–water partition coefficient (Wildman–Crippen LogP) is 3.98. The lowest BCUT2D eigenvalue weighted by Gasteiger charge is -2.04. The second-order valence-electron chi connectivity index (χ2n) is 4.39. The van der Waals surface area contributed by atoms with Crippen LogP contribution in [0.25, 0.3) is 11.5 Å². The summed E-state index contributed by atoms with van der Waals surface area (Å²) >= 11 is 13.7. The molecule has 0 fully saturated rings. The second-order valence-corrected chi connectivity index (χ2v) is 6.15. The molecule has 5 nitrogen and oxygen atoms in total. The van der Waals surface area contributed by atoms with Gasteiger partial charge in [-0.15, -0.1) is 11.3 Å². The van der Waals surface area contributed by atoms with Crippen molar-refractivity contribution in [3.05, 3.63) is 44.1 Å². The Morgan fingerprint density at radius 3 is 2.71 bits per heavy atom. The van der Waals surface area contributed by atoms with Gasteiger partial charge in [0.2, 0.25) is 0 Å². The van der Waals surface area contributed by atoms with Crippen molar-refractivity contribution in [1.29, 1.82) is 0 Å². The van der Waals surface area contributed by atoms with Gasteiger partial charge in [-0.3, -0.25) is 0 Å². The van der Waals surface area contributed by atoms with E-state index in [1.165, 1.54) is 0 Å². The highest BCUT2D eigenvalue weighted by atomic mass is 35.5. The zero-order chi connectivity index (χ0) is 15.0. The fraction of sp³-hybridized carbons (Fsp3) is 0.154. The molecule has 0 saturated heterocycles. The summed E-state index contributed by atoms with van der Waals surface area (Å²) in [5, 5.41) is 7.64. The van der Waals surface area contributed by atoms with E-state index in [-0.39, 0.29) is 5.89 Å². The summed E-state index contributed by atoms with van der Waals surface area (Å²) < 4.78 is 5.24. The molecular weight excluding hydrogens is 331 g/mol. The van der Waals surface area contributed by atoms with Gasteiger partial charge in [0.05, 0.1) is 27.7 Å². The van der Waals surface area contributed by atoms with E-state index in [1.54, 1.807) is 23.5 Å². The number of nitrogen functional groups attached to an aromatic ring is 1. The van der Waals surface area contributed by atoms with E-state index in [4.69, 9.17) is 33.5 Å². The zero-order valence-electron chi connectivity index (χ0n) is 10.9. The number of nitrogens with zero attached hydrogens (tertiary/aromatic N) is 3. The van der Waals surface area contributed by atoms with Crippen LogP contribution in [0.2, 0.25) is 10.0 Å². The second kappa shape index (κ2) is 5.63. The first-order chi connectivity index (χ1) is 10.0. The lowest BCUT2D eigenvalue weighted by atomic mass is 10.2. The molecule has 8 heteroatoms. The number of nitrogens with two attached hydrogens (primary N) is 1. The van der Waals surface area contributed by atoms with Crippen LogP contribution in [0.4, 0.5) is 5.69 Å². The average molecular weight is 341 g/mol. The third kappa shape index (κ3) is 2.88. The summed E-state index contributed by atoms with van der Waals surface area (Å²) in [7, 11) is 0. The highest BCUT2D eigenvalue weighted by molar-refractivity contribution is 7.09. The van der Waals surface area contributed by atoms with E-state index in [0.29, 0.717) is 33.5 Å². The molecule has 1 aromatic carbocycles. The highest BCUT2D eigenvalue weighted by Gasteiger charge is 2.18. The monoisotopic (exact) mass is 340 g/mol. The minimum Gasteiger partial charge on any atom is -0.397 e. The van der Waals surface area contributed by atoms with E-state index in [9.17, 15) is 0 Å². The van der Waals surface area contributed by atoms with Crippen LogP contribution < -0.4 is 5.73 Å². The standard InChI is InChI=1S/C13H10Cl2N4OS/c1-6-5-21-10(17-6)4-9-18-13(20-19-9)11-7(14)2-3-8(15)12(11)16/h2-3,5H,4,16H2,1H3. The van der Waals surface area contributed by atoms with Crippen molar-refractivity contribution < 1.29 is 4.52 Å². The molecule has 0 atom stereocenters. The van der Waals surface area contributed by atoms with Crippen molar-refractivity contribution in [3.63, 3.8) is 0 Å². The molecular formula is C13H10Cl2N4OS. The molecule has 2 heterocycles. The average Bonchev–Trinajstić information content (AvgIpc) is 3.05. The van der Waals surface area contributed by atoms with Crippen molar-refractivity contribution in [2.75, 3.05) is 5.73 Å². The Morgan fingerprint density at radius 1 is 1.24 bits per heavy atom. The zero-order valence-corrected chi connectivity index (χ0v) is 13.3. The lowest BCUT2D eigenvalue weighted by molar-refractivity contribution is 0.424. The van der Waals surface area contributed by atoms with Crippen LogP contribution >= 0.6 is 34.5 Å². The third-order valence-electron chi connectivity index (χ3n) is 2.80. The van der Waals surface area contributed by atoms with Gasteiger partial charge in [-0.1, -0.05) is 28.4 Å². The Hall–Kier alpha value is -1.63. The Bertz CT molecular complexity index is 799. The number of halogens is 2. The number of anilines is 1. The molecule has 3 rings (SSSR count). The first-order valence-corrected chi connectivity index (χ1v) is 7.65. The van der Waals surface area contributed by atoms with Crippen molar-refractivity contribution in [1.82, 2.24) is 15.1 Å². The molecule has 0 aliphatic heterocycles. The summed E-state index contributed by atoms with van der Waals surface area (Å²) in [6.45, 7) is 1.94. The van der Waals surface area contributed by atoms with Crippen molar-refractivity contribution in [2.24, 2.45) is 0 Å². The molecule has 21 heavy (non-hydrogen) atoms. The van der Waals surface area contributed by atoms with Gasteiger partial charge < -0.3 is 10.3 Å². The number of benzene rings is 1. The fourth-order valence-corrected chi connectivity index (χ4v) is 3.00. The van der Waals surface area contributed by atoms with E-state index < -0.39 is 0 Å². The summed E-state index contributed by atoms with van der Waals surface area (Å²) in [5.74, 6) is 0.776. The largest absolute Gasteiger partial charge is 0.397 e. The molecule has 0 spiro atoms. The van der Waals surface area contributed by atoms with Crippen molar-refractivity contribution in [2.45, 2.75) is 13.3 Å². The number of thiazole rings is 1.